The number of hydrogen-bond acceptors (Lipinski definition) is 5. The molecule has 0 fully saturated rings. The average molecular weight is 392 g/mol. The van der Waals surface area contributed by atoms with Crippen LogP contribution in [0.15, 0.2) is 36.4 Å². The van der Waals surface area contributed by atoms with Crippen molar-refractivity contribution in [3.8, 4) is 11.5 Å². The van der Waals surface area contributed by atoms with Crippen LogP contribution in [0.1, 0.15) is 21.5 Å². The van der Waals surface area contributed by atoms with Crippen molar-refractivity contribution in [2.75, 3.05) is 27.4 Å². The van der Waals surface area contributed by atoms with Gasteiger partial charge in [-0.05, 0) is 43.2 Å². The Morgan fingerprint density at radius 1 is 1.04 bits per heavy atom. The number of halogens is 1. The van der Waals surface area contributed by atoms with Crippen molar-refractivity contribution in [3.05, 3.63) is 58.1 Å². The number of carbonyl (C=O) groups is 2. The van der Waals surface area contributed by atoms with E-state index in [9.17, 15) is 9.59 Å². The minimum Gasteiger partial charge on any atom is -0.496 e. The van der Waals surface area contributed by atoms with E-state index >= 15 is 0 Å². The highest BCUT2D eigenvalue weighted by molar-refractivity contribution is 6.30. The lowest BCUT2D eigenvalue weighted by Crippen LogP contribution is -2.30. The maximum atomic E-state index is 12.2. The van der Waals surface area contributed by atoms with Crippen molar-refractivity contribution in [2.45, 2.75) is 13.3 Å². The molecular formula is C20H22ClNO5. The molecule has 0 unspecified atom stereocenters. The summed E-state index contributed by atoms with van der Waals surface area (Å²) in [6.45, 7) is 1.89. The van der Waals surface area contributed by atoms with E-state index in [4.69, 9.17) is 25.8 Å². The summed E-state index contributed by atoms with van der Waals surface area (Å²) < 4.78 is 15.5. The maximum absolute atomic E-state index is 12.2. The highest BCUT2D eigenvalue weighted by Crippen LogP contribution is 2.29. The molecule has 144 valence electrons. The van der Waals surface area contributed by atoms with Crippen molar-refractivity contribution in [1.29, 1.82) is 0 Å². The van der Waals surface area contributed by atoms with Crippen LogP contribution >= 0.6 is 11.6 Å². The first kappa shape index (κ1) is 20.6. The summed E-state index contributed by atoms with van der Waals surface area (Å²) in [6, 6.07) is 10.5. The van der Waals surface area contributed by atoms with Crippen LogP contribution in [0.25, 0.3) is 0 Å². The molecule has 27 heavy (non-hydrogen) atoms. The predicted molar refractivity (Wildman–Crippen MR) is 103 cm³/mol. The second-order valence-electron chi connectivity index (χ2n) is 5.81. The number of methoxy groups -OCH3 is 2. The minimum absolute atomic E-state index is 0.253. The zero-order valence-corrected chi connectivity index (χ0v) is 16.3. The molecule has 2 aromatic rings. The van der Waals surface area contributed by atoms with E-state index in [1.54, 1.807) is 24.3 Å². The van der Waals surface area contributed by atoms with Crippen LogP contribution < -0.4 is 14.8 Å². The van der Waals surface area contributed by atoms with E-state index in [1.165, 1.54) is 14.2 Å². The number of amides is 1. The van der Waals surface area contributed by atoms with Gasteiger partial charge in [0.15, 0.2) is 6.61 Å². The fourth-order valence-corrected chi connectivity index (χ4v) is 2.59. The van der Waals surface area contributed by atoms with Gasteiger partial charge in [0.2, 0.25) is 0 Å². The molecule has 0 bridgehead atoms. The Kier molecular flexibility index (Phi) is 7.49. The molecule has 0 spiro atoms. The SMILES string of the molecule is COc1cc(C(=O)OCC(=O)NCCc2ccc(Cl)cc2)cc(OC)c1C. The van der Waals surface area contributed by atoms with E-state index in [2.05, 4.69) is 5.32 Å². The Morgan fingerprint density at radius 2 is 1.63 bits per heavy atom. The fourth-order valence-electron chi connectivity index (χ4n) is 2.47. The zero-order valence-electron chi connectivity index (χ0n) is 15.5. The predicted octanol–water partition coefficient (Wildman–Crippen LogP) is 3.18. The van der Waals surface area contributed by atoms with Crippen LogP contribution in [0.4, 0.5) is 0 Å². The lowest BCUT2D eigenvalue weighted by atomic mass is 10.1. The number of nitrogens with one attached hydrogen (secondary N) is 1. The van der Waals surface area contributed by atoms with Gasteiger partial charge in [-0.2, -0.15) is 0 Å². The zero-order chi connectivity index (χ0) is 19.8. The largest absolute Gasteiger partial charge is 0.496 e. The summed E-state index contributed by atoms with van der Waals surface area (Å²) in [5.41, 5.74) is 2.08. The van der Waals surface area contributed by atoms with Crippen LogP contribution in [0.5, 0.6) is 11.5 Å². The van der Waals surface area contributed by atoms with Gasteiger partial charge >= 0.3 is 5.97 Å². The van der Waals surface area contributed by atoms with Crippen LogP contribution in [0.3, 0.4) is 0 Å². The Balaban J connectivity index is 1.84. The molecule has 0 heterocycles. The Morgan fingerprint density at radius 3 is 2.19 bits per heavy atom. The van der Waals surface area contributed by atoms with E-state index < -0.39 is 5.97 Å². The van der Waals surface area contributed by atoms with Crippen molar-refractivity contribution >= 4 is 23.5 Å². The molecule has 7 heteroatoms. The van der Waals surface area contributed by atoms with Gasteiger partial charge in [-0.15, -0.1) is 0 Å². The Labute approximate surface area is 163 Å². The lowest BCUT2D eigenvalue weighted by Gasteiger charge is -2.12. The molecule has 0 atom stereocenters. The number of hydrogen-bond donors (Lipinski definition) is 1. The van der Waals surface area contributed by atoms with Gasteiger partial charge in [0.05, 0.1) is 19.8 Å². The van der Waals surface area contributed by atoms with Crippen molar-refractivity contribution in [1.82, 2.24) is 5.32 Å². The smallest absolute Gasteiger partial charge is 0.338 e. The van der Waals surface area contributed by atoms with Crippen molar-refractivity contribution < 1.29 is 23.8 Å². The van der Waals surface area contributed by atoms with Crippen LogP contribution in [-0.4, -0.2) is 39.2 Å². The van der Waals surface area contributed by atoms with Crippen molar-refractivity contribution in [2.24, 2.45) is 0 Å². The quantitative estimate of drug-likeness (QED) is 0.699. The second-order valence-corrected chi connectivity index (χ2v) is 6.24. The van der Waals surface area contributed by atoms with Gasteiger partial charge in [0.1, 0.15) is 11.5 Å². The number of carbonyl (C=O) groups excluding carboxylic acids is 2. The first-order chi connectivity index (χ1) is 12.9. The summed E-state index contributed by atoms with van der Waals surface area (Å²) in [6.07, 6.45) is 0.656. The molecule has 0 saturated carbocycles. The van der Waals surface area contributed by atoms with Gasteiger partial charge in [-0.1, -0.05) is 23.7 Å². The second kappa shape index (κ2) is 9.83. The molecule has 0 radical (unpaired) electrons. The molecule has 2 aromatic carbocycles. The third kappa shape index (κ3) is 5.89. The van der Waals surface area contributed by atoms with Crippen LogP contribution in [-0.2, 0) is 16.0 Å². The number of benzene rings is 2. The number of rotatable bonds is 8. The fraction of sp³-hybridized carbons (Fsp3) is 0.300. The van der Waals surface area contributed by atoms with Crippen LogP contribution in [0.2, 0.25) is 5.02 Å². The molecule has 1 amide bonds. The normalized spacial score (nSPS) is 10.2. The molecule has 0 aliphatic carbocycles. The summed E-state index contributed by atoms with van der Waals surface area (Å²) in [7, 11) is 3.01. The highest BCUT2D eigenvalue weighted by atomic mass is 35.5. The molecule has 0 aromatic heterocycles. The summed E-state index contributed by atoms with van der Waals surface area (Å²) >= 11 is 5.83. The Hall–Kier alpha value is -2.73. The molecule has 6 nitrogen and oxygen atoms in total. The molecule has 0 aliphatic heterocycles. The summed E-state index contributed by atoms with van der Waals surface area (Å²) in [5, 5.41) is 3.37. The first-order valence-corrected chi connectivity index (χ1v) is 8.73. The monoisotopic (exact) mass is 391 g/mol. The molecule has 1 N–H and O–H groups in total. The molecular weight excluding hydrogens is 370 g/mol. The molecule has 0 saturated heterocycles. The average Bonchev–Trinajstić information content (AvgIpc) is 2.67. The van der Waals surface area contributed by atoms with Crippen molar-refractivity contribution in [3.63, 3.8) is 0 Å². The summed E-state index contributed by atoms with van der Waals surface area (Å²) in [4.78, 5) is 24.1. The topological polar surface area (TPSA) is 73.9 Å². The Bertz CT molecular complexity index is 780. The van der Waals surface area contributed by atoms with E-state index in [0.29, 0.717) is 29.5 Å². The third-order valence-corrected chi connectivity index (χ3v) is 4.22. The molecule has 2 rings (SSSR count). The van der Waals surface area contributed by atoms with Gasteiger partial charge in [0, 0.05) is 17.1 Å². The van der Waals surface area contributed by atoms with Crippen LogP contribution in [0, 0.1) is 6.92 Å². The summed E-state index contributed by atoms with van der Waals surface area (Å²) in [5.74, 6) is 0.0187. The lowest BCUT2D eigenvalue weighted by molar-refractivity contribution is -0.124. The van der Waals surface area contributed by atoms with Gasteiger partial charge < -0.3 is 19.5 Å². The first-order valence-electron chi connectivity index (χ1n) is 8.35. The van der Waals surface area contributed by atoms with Gasteiger partial charge in [-0.25, -0.2) is 4.79 Å². The number of esters is 1. The van der Waals surface area contributed by atoms with E-state index in [1.807, 2.05) is 19.1 Å². The number of ether oxygens (including phenoxy) is 3. The standard InChI is InChI=1S/C20H22ClNO5/c1-13-17(25-2)10-15(11-18(13)26-3)20(24)27-12-19(23)22-9-8-14-4-6-16(21)7-5-14/h4-7,10-11H,8-9,12H2,1-3H3,(H,22,23). The van der Waals surface area contributed by atoms with Gasteiger partial charge in [-0.3, -0.25) is 4.79 Å². The van der Waals surface area contributed by atoms with E-state index in [0.717, 1.165) is 11.1 Å². The third-order valence-electron chi connectivity index (χ3n) is 3.97. The molecule has 0 aliphatic rings. The minimum atomic E-state index is -0.626. The van der Waals surface area contributed by atoms with E-state index in [-0.39, 0.29) is 18.1 Å². The highest BCUT2D eigenvalue weighted by Gasteiger charge is 2.15. The maximum Gasteiger partial charge on any atom is 0.338 e. The van der Waals surface area contributed by atoms with Gasteiger partial charge in [0.25, 0.3) is 5.91 Å².